The van der Waals surface area contributed by atoms with Crippen molar-refractivity contribution in [3.63, 3.8) is 0 Å². The molecule has 1 atom stereocenters. The monoisotopic (exact) mass is 226 g/mol. The van der Waals surface area contributed by atoms with Gasteiger partial charge in [0.15, 0.2) is 0 Å². The van der Waals surface area contributed by atoms with Crippen LogP contribution < -0.4 is 5.73 Å². The van der Waals surface area contributed by atoms with Crippen LogP contribution in [0.2, 0.25) is 0 Å². The molecule has 0 saturated carbocycles. The van der Waals surface area contributed by atoms with E-state index in [1.165, 1.54) is 5.56 Å². The van der Waals surface area contributed by atoms with Crippen molar-refractivity contribution in [2.45, 2.75) is 19.5 Å². The van der Waals surface area contributed by atoms with Crippen LogP contribution in [0.25, 0.3) is 0 Å². The Hall–Kier alpha value is -1.06. The summed E-state index contributed by atoms with van der Waals surface area (Å²) in [5, 5.41) is 0. The molecule has 1 heterocycles. The number of rotatable bonds is 0. The molecule has 0 spiro atoms. The first-order chi connectivity index (χ1) is 6.70. The van der Waals surface area contributed by atoms with E-state index in [4.69, 9.17) is 5.73 Å². The van der Waals surface area contributed by atoms with Gasteiger partial charge in [-0.3, -0.25) is 4.79 Å². The molecule has 1 amide bonds. The van der Waals surface area contributed by atoms with Crippen molar-refractivity contribution >= 4 is 18.3 Å². The van der Waals surface area contributed by atoms with Crippen LogP contribution in [-0.4, -0.2) is 17.4 Å². The molecule has 0 saturated heterocycles. The molecule has 1 aliphatic heterocycles. The fourth-order valence-corrected chi connectivity index (χ4v) is 1.95. The van der Waals surface area contributed by atoms with Crippen LogP contribution in [0.4, 0.5) is 0 Å². The number of amides is 1. The first kappa shape index (κ1) is 12.0. The number of hydrogen-bond acceptors (Lipinski definition) is 2. The molecule has 0 aromatic heterocycles. The van der Waals surface area contributed by atoms with Crippen LogP contribution >= 0.6 is 12.4 Å². The minimum Gasteiger partial charge on any atom is -0.323 e. The molecule has 1 aromatic rings. The van der Waals surface area contributed by atoms with E-state index in [0.717, 1.165) is 18.5 Å². The first-order valence-electron chi connectivity index (χ1n) is 4.81. The van der Waals surface area contributed by atoms with Crippen molar-refractivity contribution < 1.29 is 4.79 Å². The predicted octanol–water partition coefficient (Wildman–Crippen LogP) is 1.47. The molecule has 15 heavy (non-hydrogen) atoms. The van der Waals surface area contributed by atoms with E-state index in [0.29, 0.717) is 0 Å². The number of halogens is 1. The van der Waals surface area contributed by atoms with Gasteiger partial charge in [0.1, 0.15) is 6.17 Å². The van der Waals surface area contributed by atoms with E-state index in [2.05, 4.69) is 6.07 Å². The second kappa shape index (κ2) is 4.64. The number of carbonyl (C=O) groups is 1. The Morgan fingerprint density at radius 1 is 1.47 bits per heavy atom. The van der Waals surface area contributed by atoms with E-state index >= 15 is 0 Å². The van der Waals surface area contributed by atoms with Gasteiger partial charge in [-0.2, -0.15) is 0 Å². The Bertz CT molecular complexity index is 367. The van der Waals surface area contributed by atoms with Gasteiger partial charge in [-0.25, -0.2) is 0 Å². The Kier molecular flexibility index (Phi) is 3.72. The van der Waals surface area contributed by atoms with Crippen LogP contribution in [0.15, 0.2) is 24.3 Å². The van der Waals surface area contributed by atoms with E-state index in [-0.39, 0.29) is 24.5 Å². The number of hydrogen-bond donors (Lipinski definition) is 1. The van der Waals surface area contributed by atoms with Crippen LogP contribution in [0.1, 0.15) is 24.2 Å². The summed E-state index contributed by atoms with van der Waals surface area (Å²) in [6.07, 6.45) is 0.640. The van der Waals surface area contributed by atoms with Crippen molar-refractivity contribution in [1.29, 1.82) is 0 Å². The summed E-state index contributed by atoms with van der Waals surface area (Å²) in [5.41, 5.74) is 8.34. The number of carbonyl (C=O) groups excluding carboxylic acids is 1. The standard InChI is InChI=1S/C11H14N2O.ClH/c1-8(14)13-7-6-9-4-2-3-5-10(9)11(13)12;/h2-5,11H,6-7,12H2,1H3;1H. The maximum absolute atomic E-state index is 11.3. The Morgan fingerprint density at radius 3 is 2.80 bits per heavy atom. The molecule has 0 aliphatic carbocycles. The van der Waals surface area contributed by atoms with Crippen LogP contribution in [0.3, 0.4) is 0 Å². The minimum absolute atomic E-state index is 0. The minimum atomic E-state index is -0.266. The van der Waals surface area contributed by atoms with Crippen molar-refractivity contribution in [3.05, 3.63) is 35.4 Å². The summed E-state index contributed by atoms with van der Waals surface area (Å²) in [5.74, 6) is 0.0482. The summed E-state index contributed by atoms with van der Waals surface area (Å²) < 4.78 is 0. The maximum Gasteiger partial charge on any atom is 0.220 e. The van der Waals surface area contributed by atoms with Crippen molar-refractivity contribution in [2.24, 2.45) is 5.73 Å². The van der Waals surface area contributed by atoms with Gasteiger partial charge in [0.2, 0.25) is 5.91 Å². The molecule has 0 bridgehead atoms. The fourth-order valence-electron chi connectivity index (χ4n) is 1.95. The molecule has 0 fully saturated rings. The van der Waals surface area contributed by atoms with E-state index < -0.39 is 0 Å². The lowest BCUT2D eigenvalue weighted by atomic mass is 9.97. The predicted molar refractivity (Wildman–Crippen MR) is 61.7 cm³/mol. The molecule has 1 aliphatic rings. The third-order valence-corrected chi connectivity index (χ3v) is 2.74. The molecule has 4 heteroatoms. The van der Waals surface area contributed by atoms with Gasteiger partial charge in [0.25, 0.3) is 0 Å². The largest absolute Gasteiger partial charge is 0.323 e. The molecule has 2 rings (SSSR count). The smallest absolute Gasteiger partial charge is 0.220 e. The first-order valence-corrected chi connectivity index (χ1v) is 4.81. The summed E-state index contributed by atoms with van der Waals surface area (Å²) in [6.45, 7) is 2.29. The average molecular weight is 227 g/mol. The van der Waals surface area contributed by atoms with Crippen LogP contribution in [0.5, 0.6) is 0 Å². The highest BCUT2D eigenvalue weighted by molar-refractivity contribution is 5.85. The van der Waals surface area contributed by atoms with Crippen LogP contribution in [-0.2, 0) is 11.2 Å². The van der Waals surface area contributed by atoms with Gasteiger partial charge in [0, 0.05) is 13.5 Å². The topological polar surface area (TPSA) is 46.3 Å². The normalized spacial score (nSPS) is 19.1. The molecule has 82 valence electrons. The van der Waals surface area contributed by atoms with Crippen molar-refractivity contribution in [2.75, 3.05) is 6.54 Å². The fraction of sp³-hybridized carbons (Fsp3) is 0.364. The van der Waals surface area contributed by atoms with Crippen molar-refractivity contribution in [3.8, 4) is 0 Å². The lowest BCUT2D eigenvalue weighted by Crippen LogP contribution is -2.42. The average Bonchev–Trinajstić information content (AvgIpc) is 2.18. The van der Waals surface area contributed by atoms with Crippen molar-refractivity contribution in [1.82, 2.24) is 4.90 Å². The van der Waals surface area contributed by atoms with E-state index in [9.17, 15) is 4.79 Å². The second-order valence-corrected chi connectivity index (χ2v) is 3.61. The highest BCUT2D eigenvalue weighted by Gasteiger charge is 2.25. The Balaban J connectivity index is 0.00000112. The molecular weight excluding hydrogens is 212 g/mol. The van der Waals surface area contributed by atoms with E-state index in [1.807, 2.05) is 18.2 Å². The Labute approximate surface area is 95.7 Å². The third-order valence-electron chi connectivity index (χ3n) is 2.74. The zero-order chi connectivity index (χ0) is 10.1. The molecule has 1 unspecified atom stereocenters. The lowest BCUT2D eigenvalue weighted by Gasteiger charge is -2.34. The zero-order valence-electron chi connectivity index (χ0n) is 8.64. The maximum atomic E-state index is 11.3. The quantitative estimate of drug-likeness (QED) is 0.728. The van der Waals surface area contributed by atoms with Gasteiger partial charge < -0.3 is 10.6 Å². The highest BCUT2D eigenvalue weighted by Crippen LogP contribution is 2.25. The number of fused-ring (bicyclic) bond motifs is 1. The summed E-state index contributed by atoms with van der Waals surface area (Å²) in [6, 6.07) is 8.04. The number of nitrogens with zero attached hydrogens (tertiary/aromatic N) is 1. The van der Waals surface area contributed by atoms with Gasteiger partial charge >= 0.3 is 0 Å². The van der Waals surface area contributed by atoms with Gasteiger partial charge in [-0.1, -0.05) is 24.3 Å². The van der Waals surface area contributed by atoms with Crippen LogP contribution in [0, 0.1) is 0 Å². The summed E-state index contributed by atoms with van der Waals surface area (Å²) in [4.78, 5) is 13.0. The van der Waals surface area contributed by atoms with Gasteiger partial charge in [-0.15, -0.1) is 12.4 Å². The summed E-state index contributed by atoms with van der Waals surface area (Å²) >= 11 is 0. The zero-order valence-corrected chi connectivity index (χ0v) is 9.46. The highest BCUT2D eigenvalue weighted by atomic mass is 35.5. The molecule has 0 radical (unpaired) electrons. The number of nitrogens with two attached hydrogens (primary N) is 1. The SMILES string of the molecule is CC(=O)N1CCc2ccccc2C1N.Cl. The lowest BCUT2D eigenvalue weighted by molar-refractivity contribution is -0.131. The molecular formula is C11H15ClN2O. The molecule has 1 aromatic carbocycles. The Morgan fingerprint density at radius 2 is 2.13 bits per heavy atom. The summed E-state index contributed by atoms with van der Waals surface area (Å²) in [7, 11) is 0. The second-order valence-electron chi connectivity index (χ2n) is 3.61. The number of benzene rings is 1. The third kappa shape index (κ3) is 2.13. The molecule has 2 N–H and O–H groups in total. The molecule has 3 nitrogen and oxygen atoms in total. The van der Waals surface area contributed by atoms with Gasteiger partial charge in [-0.05, 0) is 17.5 Å². The van der Waals surface area contributed by atoms with Gasteiger partial charge in [0.05, 0.1) is 0 Å². The van der Waals surface area contributed by atoms with E-state index in [1.54, 1.807) is 11.8 Å².